The maximum absolute atomic E-state index is 12.4. The number of aromatic nitrogens is 1. The van der Waals surface area contributed by atoms with Crippen LogP contribution in [0.5, 0.6) is 0 Å². The van der Waals surface area contributed by atoms with E-state index >= 15 is 0 Å². The number of morpholine rings is 1. The predicted molar refractivity (Wildman–Crippen MR) is 88.1 cm³/mol. The van der Waals surface area contributed by atoms with Gasteiger partial charge in [0, 0.05) is 18.8 Å². The van der Waals surface area contributed by atoms with Gasteiger partial charge in [0.2, 0.25) is 5.91 Å². The van der Waals surface area contributed by atoms with Gasteiger partial charge in [-0.15, -0.1) is 0 Å². The molecule has 130 valence electrons. The van der Waals surface area contributed by atoms with E-state index < -0.39 is 11.6 Å². The lowest BCUT2D eigenvalue weighted by molar-refractivity contribution is -0.186. The Morgan fingerprint density at radius 1 is 1.42 bits per heavy atom. The number of nitrogens with two attached hydrogens (primary N) is 1. The molecule has 2 aliphatic rings. The zero-order chi connectivity index (χ0) is 17.3. The number of hydrogen-bond donors (Lipinski definition) is 1. The van der Waals surface area contributed by atoms with Gasteiger partial charge in [-0.25, -0.2) is 4.79 Å². The molecule has 1 spiro atoms. The third-order valence-electron chi connectivity index (χ3n) is 5.23. The molecule has 24 heavy (non-hydrogen) atoms. The molecule has 2 saturated heterocycles. The second-order valence-corrected chi connectivity index (χ2v) is 6.65. The van der Waals surface area contributed by atoms with Crippen LogP contribution in [0.4, 0.5) is 4.79 Å². The Morgan fingerprint density at radius 3 is 2.75 bits per heavy atom. The molecule has 0 bridgehead atoms. The number of rotatable bonds is 2. The van der Waals surface area contributed by atoms with Gasteiger partial charge in [-0.1, -0.05) is 6.07 Å². The van der Waals surface area contributed by atoms with Crippen molar-refractivity contribution in [1.29, 1.82) is 0 Å². The van der Waals surface area contributed by atoms with Crippen molar-refractivity contribution in [3.63, 3.8) is 0 Å². The molecule has 1 unspecified atom stereocenters. The van der Waals surface area contributed by atoms with E-state index in [0.717, 1.165) is 11.4 Å². The largest absolute Gasteiger partial charge is 0.363 e. The minimum atomic E-state index is -0.413. The number of urea groups is 1. The molecule has 1 atom stereocenters. The third-order valence-corrected chi connectivity index (χ3v) is 5.23. The molecule has 0 aromatic carbocycles. The number of carbonyl (C=O) groups excluding carboxylic acids is 2. The first-order valence-corrected chi connectivity index (χ1v) is 8.32. The van der Waals surface area contributed by atoms with E-state index in [0.29, 0.717) is 32.5 Å². The zero-order valence-corrected chi connectivity index (χ0v) is 14.2. The summed E-state index contributed by atoms with van der Waals surface area (Å²) in [4.78, 5) is 31.7. The second kappa shape index (κ2) is 6.39. The van der Waals surface area contributed by atoms with E-state index in [-0.39, 0.29) is 18.6 Å². The summed E-state index contributed by atoms with van der Waals surface area (Å²) >= 11 is 0. The fraction of sp³-hybridized carbons (Fsp3) is 0.588. The summed E-state index contributed by atoms with van der Waals surface area (Å²) in [5, 5.41) is 0. The van der Waals surface area contributed by atoms with Crippen molar-refractivity contribution in [3.8, 4) is 0 Å². The SMILES string of the molecule is Cc1cccc(CN2C(=O)COC3(CCN(C(N)=O)CC3)C2C)n1. The lowest BCUT2D eigenvalue weighted by Crippen LogP contribution is -2.64. The maximum Gasteiger partial charge on any atom is 0.314 e. The Morgan fingerprint density at radius 2 is 2.12 bits per heavy atom. The monoisotopic (exact) mass is 332 g/mol. The second-order valence-electron chi connectivity index (χ2n) is 6.65. The number of aryl methyl sites for hydroxylation is 1. The minimum Gasteiger partial charge on any atom is -0.363 e. The number of pyridine rings is 1. The number of piperidine rings is 1. The Balaban J connectivity index is 1.75. The lowest BCUT2D eigenvalue weighted by atomic mass is 9.82. The number of nitrogens with zero attached hydrogens (tertiary/aromatic N) is 3. The standard InChI is InChI=1S/C17H24N4O3/c1-12-4-3-5-14(19-12)10-21-13(2)17(24-11-15(21)22)6-8-20(9-7-17)16(18)23/h3-5,13H,6-11H2,1-2H3,(H2,18,23). The summed E-state index contributed by atoms with van der Waals surface area (Å²) in [6.07, 6.45) is 1.37. The van der Waals surface area contributed by atoms with Gasteiger partial charge in [0.15, 0.2) is 0 Å². The summed E-state index contributed by atoms with van der Waals surface area (Å²) in [6, 6.07) is 5.36. The van der Waals surface area contributed by atoms with Gasteiger partial charge in [0.1, 0.15) is 6.61 Å². The Labute approximate surface area is 141 Å². The lowest BCUT2D eigenvalue weighted by Gasteiger charge is -2.51. The molecule has 7 heteroatoms. The van der Waals surface area contributed by atoms with Crippen LogP contribution in [0.15, 0.2) is 18.2 Å². The molecule has 2 N–H and O–H groups in total. The number of hydrogen-bond acceptors (Lipinski definition) is 4. The van der Waals surface area contributed by atoms with Gasteiger partial charge >= 0.3 is 6.03 Å². The molecule has 3 rings (SSSR count). The molecule has 2 aliphatic heterocycles. The van der Waals surface area contributed by atoms with Gasteiger partial charge in [-0.2, -0.15) is 0 Å². The van der Waals surface area contributed by atoms with Crippen LogP contribution in [-0.2, 0) is 16.1 Å². The first-order valence-electron chi connectivity index (χ1n) is 8.32. The Bertz CT molecular complexity index is 640. The van der Waals surface area contributed by atoms with Crippen LogP contribution in [0.2, 0.25) is 0 Å². The molecule has 1 aromatic heterocycles. The fourth-order valence-corrected chi connectivity index (χ4v) is 3.66. The van der Waals surface area contributed by atoms with Crippen LogP contribution in [0.1, 0.15) is 31.2 Å². The number of amides is 3. The number of primary amides is 1. The van der Waals surface area contributed by atoms with Crippen molar-refractivity contribution in [1.82, 2.24) is 14.8 Å². The van der Waals surface area contributed by atoms with Crippen LogP contribution in [0.25, 0.3) is 0 Å². The molecule has 7 nitrogen and oxygen atoms in total. The van der Waals surface area contributed by atoms with Gasteiger partial charge in [0.25, 0.3) is 0 Å². The molecule has 2 fully saturated rings. The van der Waals surface area contributed by atoms with E-state index in [9.17, 15) is 9.59 Å². The number of likely N-dealkylation sites (tertiary alicyclic amines) is 1. The minimum absolute atomic E-state index is 0.0197. The first-order chi connectivity index (χ1) is 11.4. The summed E-state index contributed by atoms with van der Waals surface area (Å²) in [5.74, 6) is -0.0197. The average molecular weight is 332 g/mol. The average Bonchev–Trinajstić information content (AvgIpc) is 2.56. The molecule has 1 aromatic rings. The third kappa shape index (κ3) is 3.08. The molecule has 3 amide bonds. The van der Waals surface area contributed by atoms with E-state index in [1.54, 1.807) is 4.90 Å². The summed E-state index contributed by atoms with van der Waals surface area (Å²) in [6.45, 7) is 5.63. The van der Waals surface area contributed by atoms with Gasteiger partial charge < -0.3 is 20.3 Å². The summed E-state index contributed by atoms with van der Waals surface area (Å²) in [5.41, 5.74) is 6.76. The van der Waals surface area contributed by atoms with Gasteiger partial charge in [-0.05, 0) is 38.8 Å². The molecule has 0 radical (unpaired) electrons. The molecular formula is C17H24N4O3. The van der Waals surface area contributed by atoms with E-state index in [1.165, 1.54) is 0 Å². The molecule has 3 heterocycles. The van der Waals surface area contributed by atoms with Gasteiger partial charge in [0.05, 0.1) is 23.9 Å². The van der Waals surface area contributed by atoms with Crippen molar-refractivity contribution in [3.05, 3.63) is 29.6 Å². The van der Waals surface area contributed by atoms with Crippen LogP contribution in [0.3, 0.4) is 0 Å². The molecule has 0 saturated carbocycles. The smallest absolute Gasteiger partial charge is 0.314 e. The predicted octanol–water partition coefficient (Wildman–Crippen LogP) is 1.05. The normalized spacial score (nSPS) is 23.6. The molecular weight excluding hydrogens is 308 g/mol. The quantitative estimate of drug-likeness (QED) is 0.877. The maximum atomic E-state index is 12.4. The van der Waals surface area contributed by atoms with Crippen molar-refractivity contribution in [2.24, 2.45) is 5.73 Å². The van der Waals surface area contributed by atoms with Crippen molar-refractivity contribution < 1.29 is 14.3 Å². The van der Waals surface area contributed by atoms with E-state index in [4.69, 9.17) is 10.5 Å². The Kier molecular flexibility index (Phi) is 4.45. The molecule has 0 aliphatic carbocycles. The van der Waals surface area contributed by atoms with Crippen LogP contribution in [0, 0.1) is 6.92 Å². The fourth-order valence-electron chi connectivity index (χ4n) is 3.66. The highest BCUT2D eigenvalue weighted by molar-refractivity contribution is 5.79. The zero-order valence-electron chi connectivity index (χ0n) is 14.2. The first kappa shape index (κ1) is 16.7. The van der Waals surface area contributed by atoms with Crippen LogP contribution >= 0.6 is 0 Å². The highest BCUT2D eigenvalue weighted by Crippen LogP contribution is 2.36. The number of carbonyl (C=O) groups is 2. The Hall–Kier alpha value is -2.15. The van der Waals surface area contributed by atoms with Crippen molar-refractivity contribution >= 4 is 11.9 Å². The summed E-state index contributed by atoms with van der Waals surface area (Å²) < 4.78 is 5.96. The van der Waals surface area contributed by atoms with Gasteiger partial charge in [-0.3, -0.25) is 9.78 Å². The van der Waals surface area contributed by atoms with Crippen molar-refractivity contribution in [2.45, 2.75) is 44.9 Å². The highest BCUT2D eigenvalue weighted by Gasteiger charge is 2.48. The van der Waals surface area contributed by atoms with E-state index in [2.05, 4.69) is 4.98 Å². The topological polar surface area (TPSA) is 88.8 Å². The van der Waals surface area contributed by atoms with Crippen LogP contribution < -0.4 is 5.73 Å². The number of ether oxygens (including phenoxy) is 1. The summed E-state index contributed by atoms with van der Waals surface area (Å²) in [7, 11) is 0. The van der Waals surface area contributed by atoms with E-state index in [1.807, 2.05) is 36.9 Å². The van der Waals surface area contributed by atoms with Crippen LogP contribution in [-0.4, -0.2) is 58.1 Å². The highest BCUT2D eigenvalue weighted by atomic mass is 16.5. The van der Waals surface area contributed by atoms with Crippen molar-refractivity contribution in [2.75, 3.05) is 19.7 Å².